The second-order valence-corrected chi connectivity index (χ2v) is 3.38. The van der Waals surface area contributed by atoms with E-state index < -0.39 is 0 Å². The predicted molar refractivity (Wildman–Crippen MR) is 58.6 cm³/mol. The van der Waals surface area contributed by atoms with Crippen LogP contribution in [0.1, 0.15) is 11.4 Å². The van der Waals surface area contributed by atoms with Crippen LogP contribution in [-0.2, 0) is 0 Å². The molecule has 0 aliphatic rings. The summed E-state index contributed by atoms with van der Waals surface area (Å²) in [6, 6.07) is 5.76. The SMILES string of the molecule is Cc1cc(C)n(-c2ccnc(NN)c2)n1. The molecule has 0 aliphatic carbocycles. The highest BCUT2D eigenvalue weighted by atomic mass is 15.3. The van der Waals surface area contributed by atoms with Gasteiger partial charge in [0.15, 0.2) is 0 Å². The summed E-state index contributed by atoms with van der Waals surface area (Å²) in [5.41, 5.74) is 5.54. The van der Waals surface area contributed by atoms with Gasteiger partial charge in [0.2, 0.25) is 0 Å². The molecule has 0 aromatic carbocycles. The zero-order valence-corrected chi connectivity index (χ0v) is 8.73. The van der Waals surface area contributed by atoms with Gasteiger partial charge in [-0.1, -0.05) is 0 Å². The van der Waals surface area contributed by atoms with Gasteiger partial charge in [0.1, 0.15) is 5.82 Å². The van der Waals surface area contributed by atoms with Crippen molar-refractivity contribution in [2.24, 2.45) is 5.84 Å². The lowest BCUT2D eigenvalue weighted by Crippen LogP contribution is -2.09. The van der Waals surface area contributed by atoms with Gasteiger partial charge in [0, 0.05) is 18.0 Å². The van der Waals surface area contributed by atoms with Gasteiger partial charge in [-0.15, -0.1) is 0 Å². The van der Waals surface area contributed by atoms with Gasteiger partial charge in [-0.25, -0.2) is 15.5 Å². The second kappa shape index (κ2) is 3.70. The van der Waals surface area contributed by atoms with Crippen molar-refractivity contribution in [1.29, 1.82) is 0 Å². The molecule has 0 radical (unpaired) electrons. The number of nitrogens with one attached hydrogen (secondary N) is 1. The van der Waals surface area contributed by atoms with Crippen LogP contribution in [0.25, 0.3) is 5.69 Å². The molecule has 0 saturated carbocycles. The van der Waals surface area contributed by atoms with Crippen LogP contribution >= 0.6 is 0 Å². The third-order valence-corrected chi connectivity index (χ3v) is 2.15. The van der Waals surface area contributed by atoms with E-state index in [9.17, 15) is 0 Å². The number of nitrogens with zero attached hydrogens (tertiary/aromatic N) is 3. The van der Waals surface area contributed by atoms with E-state index in [0.717, 1.165) is 17.1 Å². The highest BCUT2D eigenvalue weighted by Gasteiger charge is 2.04. The third kappa shape index (κ3) is 1.82. The Balaban J connectivity index is 2.49. The van der Waals surface area contributed by atoms with Gasteiger partial charge in [-0.05, 0) is 26.0 Å². The maximum Gasteiger partial charge on any atom is 0.142 e. The van der Waals surface area contributed by atoms with Gasteiger partial charge < -0.3 is 5.43 Å². The molecule has 5 heteroatoms. The first-order valence-corrected chi connectivity index (χ1v) is 4.67. The van der Waals surface area contributed by atoms with Crippen molar-refractivity contribution in [3.63, 3.8) is 0 Å². The minimum absolute atomic E-state index is 0.625. The highest BCUT2D eigenvalue weighted by Crippen LogP contribution is 2.13. The molecule has 0 spiro atoms. The number of aryl methyl sites for hydroxylation is 2. The monoisotopic (exact) mass is 203 g/mol. The number of hydrogen-bond acceptors (Lipinski definition) is 4. The molecule has 0 bridgehead atoms. The normalized spacial score (nSPS) is 10.3. The summed E-state index contributed by atoms with van der Waals surface area (Å²) in [5, 5.41) is 4.38. The number of nitrogen functional groups attached to an aromatic ring is 1. The standard InChI is InChI=1S/C10H13N5/c1-7-5-8(2)15(14-7)9-3-4-12-10(6-9)13-11/h3-6H,11H2,1-2H3,(H,12,13). The van der Waals surface area contributed by atoms with Crippen LogP contribution < -0.4 is 11.3 Å². The summed E-state index contributed by atoms with van der Waals surface area (Å²) in [7, 11) is 0. The Labute approximate surface area is 87.9 Å². The van der Waals surface area contributed by atoms with E-state index in [1.807, 2.05) is 36.7 Å². The van der Waals surface area contributed by atoms with Gasteiger partial charge in [0.25, 0.3) is 0 Å². The largest absolute Gasteiger partial charge is 0.308 e. The van der Waals surface area contributed by atoms with Gasteiger partial charge in [-0.3, -0.25) is 0 Å². The van der Waals surface area contributed by atoms with E-state index in [2.05, 4.69) is 15.5 Å². The van der Waals surface area contributed by atoms with Gasteiger partial charge in [0.05, 0.1) is 11.4 Å². The summed E-state index contributed by atoms with van der Waals surface area (Å²) < 4.78 is 1.86. The Kier molecular flexibility index (Phi) is 2.39. The molecule has 15 heavy (non-hydrogen) atoms. The van der Waals surface area contributed by atoms with Crippen molar-refractivity contribution in [1.82, 2.24) is 14.8 Å². The first-order chi connectivity index (χ1) is 7.20. The molecule has 2 rings (SSSR count). The lowest BCUT2D eigenvalue weighted by Gasteiger charge is -2.05. The number of hydrazine groups is 1. The fraction of sp³-hybridized carbons (Fsp3) is 0.200. The average Bonchev–Trinajstić information content (AvgIpc) is 2.58. The molecule has 0 aliphatic heterocycles. The Morgan fingerprint density at radius 3 is 2.73 bits per heavy atom. The van der Waals surface area contributed by atoms with Gasteiger partial charge in [-0.2, -0.15) is 5.10 Å². The minimum atomic E-state index is 0.625. The van der Waals surface area contributed by atoms with Crippen molar-refractivity contribution >= 4 is 5.82 Å². The van der Waals surface area contributed by atoms with Crippen LogP contribution in [0.15, 0.2) is 24.4 Å². The lowest BCUT2D eigenvalue weighted by molar-refractivity contribution is 0.831. The summed E-state index contributed by atoms with van der Waals surface area (Å²) in [4.78, 5) is 4.04. The van der Waals surface area contributed by atoms with E-state index in [0.29, 0.717) is 5.82 Å². The summed E-state index contributed by atoms with van der Waals surface area (Å²) >= 11 is 0. The van der Waals surface area contributed by atoms with Gasteiger partial charge >= 0.3 is 0 Å². The molecule has 0 fully saturated rings. The molecular weight excluding hydrogens is 190 g/mol. The molecule has 0 unspecified atom stereocenters. The average molecular weight is 203 g/mol. The maximum absolute atomic E-state index is 5.30. The molecule has 3 N–H and O–H groups in total. The van der Waals surface area contributed by atoms with Crippen molar-refractivity contribution in [2.75, 3.05) is 5.43 Å². The summed E-state index contributed by atoms with van der Waals surface area (Å²) in [6.07, 6.45) is 1.70. The Morgan fingerprint density at radius 1 is 1.33 bits per heavy atom. The van der Waals surface area contributed by atoms with E-state index in [1.165, 1.54) is 0 Å². The molecule has 0 atom stereocenters. The summed E-state index contributed by atoms with van der Waals surface area (Å²) in [6.45, 7) is 3.97. The van der Waals surface area contributed by atoms with Crippen molar-refractivity contribution in [3.05, 3.63) is 35.8 Å². The van der Waals surface area contributed by atoms with E-state index in [4.69, 9.17) is 5.84 Å². The van der Waals surface area contributed by atoms with Crippen LogP contribution in [0.3, 0.4) is 0 Å². The van der Waals surface area contributed by atoms with E-state index in [1.54, 1.807) is 6.20 Å². The number of aromatic nitrogens is 3. The summed E-state index contributed by atoms with van der Waals surface area (Å²) in [5.74, 6) is 5.92. The fourth-order valence-electron chi connectivity index (χ4n) is 1.52. The Bertz CT molecular complexity index is 474. The first-order valence-electron chi connectivity index (χ1n) is 4.67. The van der Waals surface area contributed by atoms with Crippen molar-refractivity contribution in [2.45, 2.75) is 13.8 Å². The zero-order chi connectivity index (χ0) is 10.8. The molecular formula is C10H13N5. The smallest absolute Gasteiger partial charge is 0.142 e. The number of pyridine rings is 1. The third-order valence-electron chi connectivity index (χ3n) is 2.15. The molecule has 0 amide bonds. The minimum Gasteiger partial charge on any atom is -0.308 e. The molecule has 0 saturated heterocycles. The molecule has 78 valence electrons. The van der Waals surface area contributed by atoms with E-state index in [-0.39, 0.29) is 0 Å². The number of hydrogen-bond donors (Lipinski definition) is 2. The fourth-order valence-corrected chi connectivity index (χ4v) is 1.52. The van der Waals surface area contributed by atoms with Crippen molar-refractivity contribution < 1.29 is 0 Å². The van der Waals surface area contributed by atoms with Crippen LogP contribution in [0.4, 0.5) is 5.82 Å². The Morgan fingerprint density at radius 2 is 2.13 bits per heavy atom. The van der Waals surface area contributed by atoms with Crippen LogP contribution in [0.5, 0.6) is 0 Å². The first kappa shape index (κ1) is 9.67. The number of nitrogens with two attached hydrogens (primary N) is 1. The van der Waals surface area contributed by atoms with Crippen LogP contribution in [-0.4, -0.2) is 14.8 Å². The lowest BCUT2D eigenvalue weighted by atomic mass is 10.3. The zero-order valence-electron chi connectivity index (χ0n) is 8.73. The maximum atomic E-state index is 5.30. The van der Waals surface area contributed by atoms with Crippen LogP contribution in [0, 0.1) is 13.8 Å². The quantitative estimate of drug-likeness (QED) is 0.568. The molecule has 2 aromatic rings. The molecule has 2 heterocycles. The predicted octanol–water partition coefficient (Wildman–Crippen LogP) is 1.17. The topological polar surface area (TPSA) is 68.8 Å². The van der Waals surface area contributed by atoms with Crippen molar-refractivity contribution in [3.8, 4) is 5.69 Å². The molecule has 2 aromatic heterocycles. The highest BCUT2D eigenvalue weighted by molar-refractivity contribution is 5.44. The second-order valence-electron chi connectivity index (χ2n) is 3.38. The molecule has 5 nitrogen and oxygen atoms in total. The number of anilines is 1. The van der Waals surface area contributed by atoms with E-state index >= 15 is 0 Å². The Hall–Kier alpha value is -1.88. The van der Waals surface area contributed by atoms with Crippen LogP contribution in [0.2, 0.25) is 0 Å². The number of rotatable bonds is 2.